The Hall–Kier alpha value is -0.120. The van der Waals surface area contributed by atoms with Crippen LogP contribution in [0.25, 0.3) is 0 Å². The van der Waals surface area contributed by atoms with Gasteiger partial charge in [0.05, 0.1) is 6.61 Å². The monoisotopic (exact) mass is 198 g/mol. The highest BCUT2D eigenvalue weighted by Crippen LogP contribution is 2.39. The van der Waals surface area contributed by atoms with Gasteiger partial charge < -0.3 is 9.64 Å². The number of hydrogen-bond acceptors (Lipinski definition) is 3. The number of ether oxygens (including phenoxy) is 1. The molecular weight excluding hydrogens is 176 g/mol. The fraction of sp³-hybridized carbons (Fsp3) is 1.00. The molecule has 3 heteroatoms. The molecule has 0 aliphatic carbocycles. The van der Waals surface area contributed by atoms with Crippen LogP contribution < -0.4 is 0 Å². The summed E-state index contributed by atoms with van der Waals surface area (Å²) in [6, 6.07) is 0. The first kappa shape index (κ1) is 10.4. The van der Waals surface area contributed by atoms with Crippen molar-refractivity contribution in [1.82, 2.24) is 9.80 Å². The van der Waals surface area contributed by atoms with Gasteiger partial charge in [0.2, 0.25) is 0 Å². The smallest absolute Gasteiger partial charge is 0.0589 e. The van der Waals surface area contributed by atoms with Crippen molar-refractivity contribution in [3.8, 4) is 0 Å². The lowest BCUT2D eigenvalue weighted by molar-refractivity contribution is -0.118. The van der Waals surface area contributed by atoms with Gasteiger partial charge in [-0.3, -0.25) is 4.90 Å². The second-order valence-electron chi connectivity index (χ2n) is 4.91. The molecule has 2 rings (SSSR count). The molecule has 2 fully saturated rings. The Kier molecular flexibility index (Phi) is 3.10. The first-order valence-corrected chi connectivity index (χ1v) is 5.72. The summed E-state index contributed by atoms with van der Waals surface area (Å²) in [4.78, 5) is 5.08. The van der Waals surface area contributed by atoms with Crippen molar-refractivity contribution in [3.63, 3.8) is 0 Å². The summed E-state index contributed by atoms with van der Waals surface area (Å²) >= 11 is 0. The zero-order valence-corrected chi connectivity index (χ0v) is 9.46. The maximum atomic E-state index is 5.08. The standard InChI is InChI=1S/C11H22N2O/c1-3-4-12-7-11(8-12)9-13(10-11)5-6-14-2/h3-10H2,1-2H3. The molecule has 0 amide bonds. The topological polar surface area (TPSA) is 15.7 Å². The molecule has 0 bridgehead atoms. The minimum Gasteiger partial charge on any atom is -0.383 e. The van der Waals surface area contributed by atoms with Crippen LogP contribution in [0.1, 0.15) is 13.3 Å². The van der Waals surface area contributed by atoms with E-state index in [1.807, 2.05) is 0 Å². The molecule has 0 atom stereocenters. The Morgan fingerprint density at radius 2 is 1.64 bits per heavy atom. The quantitative estimate of drug-likeness (QED) is 0.645. The van der Waals surface area contributed by atoms with Crippen LogP contribution in [0.3, 0.4) is 0 Å². The molecule has 0 aromatic rings. The van der Waals surface area contributed by atoms with Gasteiger partial charge in [0.15, 0.2) is 0 Å². The molecule has 1 spiro atoms. The summed E-state index contributed by atoms with van der Waals surface area (Å²) in [5.41, 5.74) is 0.683. The molecule has 2 aliphatic rings. The molecule has 0 saturated carbocycles. The van der Waals surface area contributed by atoms with Gasteiger partial charge >= 0.3 is 0 Å². The first-order chi connectivity index (χ1) is 6.78. The lowest BCUT2D eigenvalue weighted by atomic mass is 9.73. The van der Waals surface area contributed by atoms with Crippen molar-refractivity contribution < 1.29 is 4.74 Å². The lowest BCUT2D eigenvalue weighted by Gasteiger charge is -2.60. The van der Waals surface area contributed by atoms with Gasteiger partial charge in [-0.2, -0.15) is 0 Å². The second kappa shape index (κ2) is 4.17. The van der Waals surface area contributed by atoms with E-state index in [9.17, 15) is 0 Å². The summed E-state index contributed by atoms with van der Waals surface area (Å²) in [5.74, 6) is 0. The molecule has 2 heterocycles. The predicted molar refractivity (Wildman–Crippen MR) is 57.5 cm³/mol. The molecule has 0 aromatic carbocycles. The van der Waals surface area contributed by atoms with Crippen LogP contribution in [0.5, 0.6) is 0 Å². The zero-order chi connectivity index (χ0) is 10.0. The van der Waals surface area contributed by atoms with E-state index in [1.165, 1.54) is 39.1 Å². The Morgan fingerprint density at radius 1 is 1.07 bits per heavy atom. The van der Waals surface area contributed by atoms with E-state index in [2.05, 4.69) is 16.7 Å². The predicted octanol–water partition coefficient (Wildman–Crippen LogP) is 0.660. The fourth-order valence-corrected chi connectivity index (χ4v) is 2.86. The van der Waals surface area contributed by atoms with E-state index in [4.69, 9.17) is 4.74 Å². The molecule has 0 radical (unpaired) electrons. The molecule has 2 aliphatic heterocycles. The minimum absolute atomic E-state index is 0.683. The van der Waals surface area contributed by atoms with Crippen LogP contribution in [0.4, 0.5) is 0 Å². The zero-order valence-electron chi connectivity index (χ0n) is 9.46. The van der Waals surface area contributed by atoms with E-state index >= 15 is 0 Å². The maximum Gasteiger partial charge on any atom is 0.0589 e. The van der Waals surface area contributed by atoms with E-state index in [-0.39, 0.29) is 0 Å². The number of rotatable bonds is 5. The van der Waals surface area contributed by atoms with E-state index < -0.39 is 0 Å². The van der Waals surface area contributed by atoms with Crippen LogP contribution >= 0.6 is 0 Å². The van der Waals surface area contributed by atoms with Crippen LogP contribution in [0.2, 0.25) is 0 Å². The normalized spacial score (nSPS) is 26.1. The minimum atomic E-state index is 0.683. The SMILES string of the molecule is CCCN1CC2(C1)CN(CCOC)C2. The summed E-state index contributed by atoms with van der Waals surface area (Å²) < 4.78 is 5.08. The van der Waals surface area contributed by atoms with Crippen LogP contribution in [-0.4, -0.2) is 62.8 Å². The molecule has 3 nitrogen and oxygen atoms in total. The molecule has 2 saturated heterocycles. The summed E-state index contributed by atoms with van der Waals surface area (Å²) in [7, 11) is 1.78. The third-order valence-electron chi connectivity index (χ3n) is 3.39. The molecule has 0 aromatic heterocycles. The van der Waals surface area contributed by atoms with Gasteiger partial charge in [-0.15, -0.1) is 0 Å². The van der Waals surface area contributed by atoms with Gasteiger partial charge in [-0.05, 0) is 13.0 Å². The van der Waals surface area contributed by atoms with Gasteiger partial charge in [0.1, 0.15) is 0 Å². The summed E-state index contributed by atoms with van der Waals surface area (Å²) in [6.07, 6.45) is 1.30. The maximum absolute atomic E-state index is 5.08. The van der Waals surface area contributed by atoms with Gasteiger partial charge in [-0.25, -0.2) is 0 Å². The number of nitrogens with zero attached hydrogens (tertiary/aromatic N) is 2. The molecule has 0 unspecified atom stereocenters. The molecule has 82 valence electrons. The van der Waals surface area contributed by atoms with Gasteiger partial charge in [-0.1, -0.05) is 6.92 Å². The third kappa shape index (κ3) is 1.95. The Morgan fingerprint density at radius 3 is 2.14 bits per heavy atom. The second-order valence-corrected chi connectivity index (χ2v) is 4.91. The highest BCUT2D eigenvalue weighted by molar-refractivity contribution is 5.05. The van der Waals surface area contributed by atoms with Crippen molar-refractivity contribution in [3.05, 3.63) is 0 Å². The van der Waals surface area contributed by atoms with E-state index in [0.29, 0.717) is 5.41 Å². The third-order valence-corrected chi connectivity index (χ3v) is 3.39. The molecule has 14 heavy (non-hydrogen) atoms. The highest BCUT2D eigenvalue weighted by atomic mass is 16.5. The number of likely N-dealkylation sites (tertiary alicyclic amines) is 2. The van der Waals surface area contributed by atoms with E-state index in [1.54, 1.807) is 7.11 Å². The number of methoxy groups -OCH3 is 1. The van der Waals surface area contributed by atoms with Crippen molar-refractivity contribution >= 4 is 0 Å². The lowest BCUT2D eigenvalue weighted by Crippen LogP contribution is -2.72. The van der Waals surface area contributed by atoms with Crippen molar-refractivity contribution in [2.75, 3.05) is 53.0 Å². The van der Waals surface area contributed by atoms with Gasteiger partial charge in [0.25, 0.3) is 0 Å². The van der Waals surface area contributed by atoms with Crippen molar-refractivity contribution in [2.45, 2.75) is 13.3 Å². The Bertz CT molecular complexity index is 182. The average Bonchev–Trinajstić information content (AvgIpc) is 2.05. The summed E-state index contributed by atoms with van der Waals surface area (Å²) in [5, 5.41) is 0. The fourth-order valence-electron chi connectivity index (χ4n) is 2.86. The van der Waals surface area contributed by atoms with Crippen molar-refractivity contribution in [2.24, 2.45) is 5.41 Å². The largest absolute Gasteiger partial charge is 0.383 e. The van der Waals surface area contributed by atoms with Crippen LogP contribution in [0.15, 0.2) is 0 Å². The van der Waals surface area contributed by atoms with Crippen LogP contribution in [0, 0.1) is 5.41 Å². The Labute approximate surface area is 87.0 Å². The first-order valence-electron chi connectivity index (χ1n) is 5.72. The van der Waals surface area contributed by atoms with Crippen LogP contribution in [-0.2, 0) is 4.74 Å². The van der Waals surface area contributed by atoms with Gasteiger partial charge in [0, 0.05) is 45.2 Å². The summed E-state index contributed by atoms with van der Waals surface area (Å²) in [6.45, 7) is 10.8. The molecule has 0 N–H and O–H groups in total. The van der Waals surface area contributed by atoms with Crippen molar-refractivity contribution in [1.29, 1.82) is 0 Å². The Balaban J connectivity index is 1.60. The average molecular weight is 198 g/mol. The molecular formula is C11H22N2O. The highest BCUT2D eigenvalue weighted by Gasteiger charge is 2.50. The number of hydrogen-bond donors (Lipinski definition) is 0. The van der Waals surface area contributed by atoms with E-state index in [0.717, 1.165) is 13.2 Å².